The first-order chi connectivity index (χ1) is 9.65. The van der Waals surface area contributed by atoms with Gasteiger partial charge in [-0.1, -0.05) is 69.3 Å². The topological polar surface area (TPSA) is 12.0 Å². The number of rotatable bonds is 7. The number of hydrogen-bond donors (Lipinski definition) is 1. The monoisotopic (exact) mass is 293 g/mol. The summed E-state index contributed by atoms with van der Waals surface area (Å²) in [7, 11) is 0. The van der Waals surface area contributed by atoms with Gasteiger partial charge in [-0.15, -0.1) is 0 Å². The van der Waals surface area contributed by atoms with Crippen molar-refractivity contribution in [1.82, 2.24) is 5.32 Å². The van der Waals surface area contributed by atoms with Crippen molar-refractivity contribution < 1.29 is 0 Å². The maximum Gasteiger partial charge on any atom is 0.0438 e. The van der Waals surface area contributed by atoms with Crippen molar-refractivity contribution >= 4 is 11.6 Å². The second-order valence-electron chi connectivity index (χ2n) is 6.61. The van der Waals surface area contributed by atoms with Gasteiger partial charge in [0.25, 0.3) is 0 Å². The van der Waals surface area contributed by atoms with Crippen LogP contribution in [0, 0.1) is 11.8 Å². The van der Waals surface area contributed by atoms with Crippen LogP contribution in [0.4, 0.5) is 0 Å². The maximum atomic E-state index is 6.33. The van der Waals surface area contributed by atoms with E-state index in [1.807, 2.05) is 12.1 Å². The maximum absolute atomic E-state index is 6.33. The number of nitrogens with one attached hydrogen (secondary N) is 1. The highest BCUT2D eigenvalue weighted by Gasteiger charge is 2.21. The number of halogens is 1. The van der Waals surface area contributed by atoms with E-state index in [0.717, 1.165) is 23.9 Å². The van der Waals surface area contributed by atoms with Crippen LogP contribution in [0.2, 0.25) is 5.02 Å². The van der Waals surface area contributed by atoms with E-state index in [-0.39, 0.29) is 0 Å². The van der Waals surface area contributed by atoms with Gasteiger partial charge in [-0.25, -0.2) is 0 Å². The minimum atomic E-state index is 0.562. The third-order valence-corrected chi connectivity index (χ3v) is 4.79. The Labute approximate surface area is 129 Å². The molecular weight excluding hydrogens is 266 g/mol. The molecule has 0 aromatic heterocycles. The smallest absolute Gasteiger partial charge is 0.0438 e. The van der Waals surface area contributed by atoms with Crippen LogP contribution in [0.1, 0.15) is 51.5 Å². The van der Waals surface area contributed by atoms with Crippen molar-refractivity contribution in [3.8, 4) is 0 Å². The predicted octanol–water partition coefficient (Wildman–Crippen LogP) is 5.08. The van der Waals surface area contributed by atoms with E-state index in [0.29, 0.717) is 12.0 Å². The predicted molar refractivity (Wildman–Crippen MR) is 88.4 cm³/mol. The lowest BCUT2D eigenvalue weighted by molar-refractivity contribution is 0.348. The Hall–Kier alpha value is -0.530. The normalized spacial score (nSPS) is 17.8. The minimum Gasteiger partial charge on any atom is -0.314 e. The van der Waals surface area contributed by atoms with E-state index < -0.39 is 0 Å². The van der Waals surface area contributed by atoms with Crippen molar-refractivity contribution in [1.29, 1.82) is 0 Å². The van der Waals surface area contributed by atoms with Gasteiger partial charge in [0.05, 0.1) is 0 Å². The van der Waals surface area contributed by atoms with Crippen molar-refractivity contribution in [3.05, 3.63) is 34.9 Å². The van der Waals surface area contributed by atoms with Crippen LogP contribution >= 0.6 is 11.6 Å². The molecule has 0 saturated heterocycles. The van der Waals surface area contributed by atoms with Crippen molar-refractivity contribution in [2.75, 3.05) is 6.54 Å². The van der Waals surface area contributed by atoms with Gasteiger partial charge in [-0.2, -0.15) is 0 Å². The molecule has 1 aliphatic carbocycles. The van der Waals surface area contributed by atoms with Gasteiger partial charge in [0, 0.05) is 11.1 Å². The molecule has 1 aromatic carbocycles. The first kappa shape index (κ1) is 15.9. The molecule has 1 N–H and O–H groups in total. The molecule has 2 heteroatoms. The fourth-order valence-corrected chi connectivity index (χ4v) is 3.55. The third kappa shape index (κ3) is 5.10. The summed E-state index contributed by atoms with van der Waals surface area (Å²) < 4.78 is 0. The SMILES string of the molecule is CC(C)NCC(Cc1ccccc1Cl)CC1CCCC1. The summed E-state index contributed by atoms with van der Waals surface area (Å²) in [5, 5.41) is 4.54. The average Bonchev–Trinajstić information content (AvgIpc) is 2.91. The first-order valence-corrected chi connectivity index (χ1v) is 8.49. The summed E-state index contributed by atoms with van der Waals surface area (Å²) in [6.45, 7) is 5.56. The molecule has 0 bridgehead atoms. The Morgan fingerprint density at radius 1 is 1.20 bits per heavy atom. The van der Waals surface area contributed by atoms with Crippen LogP contribution < -0.4 is 5.32 Å². The van der Waals surface area contributed by atoms with Gasteiger partial charge in [0.15, 0.2) is 0 Å². The zero-order valence-electron chi connectivity index (χ0n) is 12.9. The summed E-state index contributed by atoms with van der Waals surface area (Å²) in [5.41, 5.74) is 1.31. The van der Waals surface area contributed by atoms with Crippen LogP contribution in [0.5, 0.6) is 0 Å². The molecule has 20 heavy (non-hydrogen) atoms. The van der Waals surface area contributed by atoms with Gasteiger partial charge < -0.3 is 5.32 Å². The fourth-order valence-electron chi connectivity index (χ4n) is 3.33. The summed E-state index contributed by atoms with van der Waals surface area (Å²) in [6, 6.07) is 8.87. The Bertz CT molecular complexity index is 396. The zero-order chi connectivity index (χ0) is 14.4. The van der Waals surface area contributed by atoms with E-state index in [1.54, 1.807) is 0 Å². The zero-order valence-corrected chi connectivity index (χ0v) is 13.6. The quantitative estimate of drug-likeness (QED) is 0.739. The molecule has 1 unspecified atom stereocenters. The fraction of sp³-hybridized carbons (Fsp3) is 0.667. The van der Waals surface area contributed by atoms with Gasteiger partial charge in [-0.3, -0.25) is 0 Å². The van der Waals surface area contributed by atoms with Gasteiger partial charge in [-0.05, 0) is 42.9 Å². The Morgan fingerprint density at radius 3 is 2.55 bits per heavy atom. The highest BCUT2D eigenvalue weighted by atomic mass is 35.5. The molecule has 1 aromatic rings. The molecule has 2 rings (SSSR count). The largest absolute Gasteiger partial charge is 0.314 e. The lowest BCUT2D eigenvalue weighted by Gasteiger charge is -2.23. The minimum absolute atomic E-state index is 0.562. The Kier molecular flexibility index (Phi) is 6.38. The van der Waals surface area contributed by atoms with E-state index in [1.165, 1.54) is 37.7 Å². The van der Waals surface area contributed by atoms with Crippen molar-refractivity contribution in [2.45, 2.75) is 58.4 Å². The van der Waals surface area contributed by atoms with Crippen molar-refractivity contribution in [3.63, 3.8) is 0 Å². The Morgan fingerprint density at radius 2 is 1.90 bits per heavy atom. The van der Waals surface area contributed by atoms with E-state index in [9.17, 15) is 0 Å². The summed E-state index contributed by atoms with van der Waals surface area (Å²) in [4.78, 5) is 0. The van der Waals surface area contributed by atoms with Gasteiger partial charge in [0.1, 0.15) is 0 Å². The molecule has 0 amide bonds. The number of benzene rings is 1. The van der Waals surface area contributed by atoms with E-state index >= 15 is 0 Å². The molecule has 1 nitrogen and oxygen atoms in total. The first-order valence-electron chi connectivity index (χ1n) is 8.12. The molecular formula is C18H28ClN. The summed E-state index contributed by atoms with van der Waals surface area (Å²) >= 11 is 6.33. The molecule has 1 saturated carbocycles. The molecule has 1 aliphatic rings. The Balaban J connectivity index is 1.95. The second-order valence-corrected chi connectivity index (χ2v) is 7.02. The molecule has 1 fully saturated rings. The molecule has 0 aliphatic heterocycles. The molecule has 1 atom stereocenters. The standard InChI is InChI=1S/C18H28ClN/c1-14(2)20-13-16(11-15-7-3-4-8-15)12-17-9-5-6-10-18(17)19/h5-6,9-10,14-16,20H,3-4,7-8,11-13H2,1-2H3. The highest BCUT2D eigenvalue weighted by Crippen LogP contribution is 2.32. The molecule has 112 valence electrons. The lowest BCUT2D eigenvalue weighted by Crippen LogP contribution is -2.31. The van der Waals surface area contributed by atoms with Gasteiger partial charge in [0.2, 0.25) is 0 Å². The van der Waals surface area contributed by atoms with Crippen molar-refractivity contribution in [2.24, 2.45) is 11.8 Å². The number of hydrogen-bond acceptors (Lipinski definition) is 1. The van der Waals surface area contributed by atoms with Crippen LogP contribution in [-0.2, 0) is 6.42 Å². The lowest BCUT2D eigenvalue weighted by atomic mass is 9.88. The summed E-state index contributed by atoms with van der Waals surface area (Å²) in [6.07, 6.45) is 8.18. The summed E-state index contributed by atoms with van der Waals surface area (Å²) in [5.74, 6) is 1.65. The van der Waals surface area contributed by atoms with Crippen LogP contribution in [0.25, 0.3) is 0 Å². The molecule has 0 spiro atoms. The van der Waals surface area contributed by atoms with Crippen LogP contribution in [-0.4, -0.2) is 12.6 Å². The van der Waals surface area contributed by atoms with E-state index in [2.05, 4.69) is 31.3 Å². The van der Waals surface area contributed by atoms with Gasteiger partial charge >= 0.3 is 0 Å². The molecule has 0 heterocycles. The average molecular weight is 294 g/mol. The second kappa shape index (κ2) is 8.05. The van der Waals surface area contributed by atoms with Crippen LogP contribution in [0.15, 0.2) is 24.3 Å². The van der Waals surface area contributed by atoms with E-state index in [4.69, 9.17) is 11.6 Å². The van der Waals surface area contributed by atoms with Crippen LogP contribution in [0.3, 0.4) is 0 Å². The molecule has 0 radical (unpaired) electrons. The third-order valence-electron chi connectivity index (χ3n) is 4.42. The highest BCUT2D eigenvalue weighted by molar-refractivity contribution is 6.31.